The second-order valence-corrected chi connectivity index (χ2v) is 4.11. The molecule has 0 aromatic heterocycles. The predicted octanol–water partition coefficient (Wildman–Crippen LogP) is 3.43. The first-order valence-electron chi connectivity index (χ1n) is 5.45. The summed E-state index contributed by atoms with van der Waals surface area (Å²) in [5, 5.41) is 0.120. The van der Waals surface area contributed by atoms with Gasteiger partial charge in [-0.1, -0.05) is 15.9 Å². The number of hydrogen-bond donors (Lipinski definition) is 0. The van der Waals surface area contributed by atoms with Crippen molar-refractivity contribution in [2.45, 2.75) is 25.3 Å². The van der Waals surface area contributed by atoms with Gasteiger partial charge in [0.2, 0.25) is 0 Å². The summed E-state index contributed by atoms with van der Waals surface area (Å²) in [5.74, 6) is -1.45. The third-order valence-corrected chi connectivity index (χ3v) is 2.81. The summed E-state index contributed by atoms with van der Waals surface area (Å²) in [6.45, 7) is -1.22. The molecule has 0 aliphatic carbocycles. The van der Waals surface area contributed by atoms with Crippen LogP contribution in [0.4, 0.5) is 13.2 Å². The summed E-state index contributed by atoms with van der Waals surface area (Å²) in [5.41, 5.74) is 0.100. The summed E-state index contributed by atoms with van der Waals surface area (Å²) in [7, 11) is 0. The molecule has 0 saturated heterocycles. The molecule has 0 aliphatic heterocycles. The summed E-state index contributed by atoms with van der Waals surface area (Å²) < 4.78 is 47.1. The molecule has 0 atom stereocenters. The number of benzene rings is 1. The molecule has 106 valence electrons. The van der Waals surface area contributed by atoms with Crippen LogP contribution in [0.2, 0.25) is 0 Å². The highest BCUT2D eigenvalue weighted by molar-refractivity contribution is 9.08. The number of ether oxygens (including phenoxy) is 2. The number of halogens is 4. The van der Waals surface area contributed by atoms with Crippen LogP contribution in [0, 0.1) is 5.82 Å². The minimum Gasteiger partial charge on any atom is -0.466 e. The molecule has 1 aromatic carbocycles. The minimum absolute atomic E-state index is 0.0361. The van der Waals surface area contributed by atoms with Crippen molar-refractivity contribution in [3.05, 3.63) is 29.1 Å². The maximum Gasteiger partial charge on any atom is 0.387 e. The van der Waals surface area contributed by atoms with E-state index in [1.807, 2.05) is 0 Å². The largest absolute Gasteiger partial charge is 0.466 e. The van der Waals surface area contributed by atoms with Crippen LogP contribution < -0.4 is 4.74 Å². The Morgan fingerprint density at radius 1 is 1.37 bits per heavy atom. The lowest BCUT2D eigenvalue weighted by molar-refractivity contribution is -0.142. The zero-order valence-electron chi connectivity index (χ0n) is 10.1. The lowest BCUT2D eigenvalue weighted by atomic mass is 10.1. The molecular formula is C12H12BrF3O3. The van der Waals surface area contributed by atoms with Gasteiger partial charge in [-0.05, 0) is 19.1 Å². The molecule has 0 N–H and O–H groups in total. The van der Waals surface area contributed by atoms with Crippen molar-refractivity contribution in [3.8, 4) is 5.75 Å². The quantitative estimate of drug-likeness (QED) is 0.588. The van der Waals surface area contributed by atoms with Gasteiger partial charge in [0.25, 0.3) is 0 Å². The van der Waals surface area contributed by atoms with Crippen molar-refractivity contribution in [1.82, 2.24) is 0 Å². The van der Waals surface area contributed by atoms with Gasteiger partial charge in [-0.25, -0.2) is 4.39 Å². The van der Waals surface area contributed by atoms with Crippen molar-refractivity contribution in [2.24, 2.45) is 0 Å². The Balaban J connectivity index is 3.03. The molecule has 0 fully saturated rings. The zero-order chi connectivity index (χ0) is 14.4. The van der Waals surface area contributed by atoms with Gasteiger partial charge in [0.1, 0.15) is 11.6 Å². The fraction of sp³-hybridized carbons (Fsp3) is 0.417. The third kappa shape index (κ3) is 4.74. The van der Waals surface area contributed by atoms with Gasteiger partial charge in [0.05, 0.1) is 13.0 Å². The second kappa shape index (κ2) is 7.37. The monoisotopic (exact) mass is 340 g/mol. The summed E-state index contributed by atoms with van der Waals surface area (Å²) in [6, 6.07) is 2.23. The van der Waals surface area contributed by atoms with Gasteiger partial charge in [-0.3, -0.25) is 4.79 Å². The molecule has 0 spiro atoms. The van der Waals surface area contributed by atoms with E-state index in [1.165, 1.54) is 0 Å². The number of hydrogen-bond acceptors (Lipinski definition) is 3. The van der Waals surface area contributed by atoms with Gasteiger partial charge >= 0.3 is 12.6 Å². The van der Waals surface area contributed by atoms with Gasteiger partial charge in [-0.2, -0.15) is 8.78 Å². The van der Waals surface area contributed by atoms with Crippen LogP contribution in [0.1, 0.15) is 18.1 Å². The lowest BCUT2D eigenvalue weighted by Gasteiger charge is -2.11. The molecule has 7 heteroatoms. The number of esters is 1. The molecule has 3 nitrogen and oxygen atoms in total. The van der Waals surface area contributed by atoms with Crippen molar-refractivity contribution >= 4 is 21.9 Å². The van der Waals surface area contributed by atoms with Crippen LogP contribution in [-0.4, -0.2) is 19.2 Å². The van der Waals surface area contributed by atoms with Gasteiger partial charge in [-0.15, -0.1) is 0 Å². The maximum absolute atomic E-state index is 13.9. The van der Waals surface area contributed by atoms with Crippen LogP contribution in [0.25, 0.3) is 0 Å². The first-order chi connectivity index (χ1) is 8.97. The zero-order valence-corrected chi connectivity index (χ0v) is 11.7. The van der Waals surface area contributed by atoms with E-state index < -0.39 is 18.4 Å². The highest BCUT2D eigenvalue weighted by atomic mass is 79.9. The van der Waals surface area contributed by atoms with Crippen LogP contribution in [0.3, 0.4) is 0 Å². The number of alkyl halides is 3. The Morgan fingerprint density at radius 2 is 2.00 bits per heavy atom. The summed E-state index contributed by atoms with van der Waals surface area (Å²) in [4.78, 5) is 11.3. The average Bonchev–Trinajstić information content (AvgIpc) is 2.32. The van der Waals surface area contributed by atoms with E-state index in [1.54, 1.807) is 6.92 Å². The van der Waals surface area contributed by atoms with Crippen LogP contribution in [0.5, 0.6) is 5.75 Å². The first-order valence-corrected chi connectivity index (χ1v) is 6.57. The summed E-state index contributed by atoms with van der Waals surface area (Å²) in [6.07, 6.45) is -0.333. The lowest BCUT2D eigenvalue weighted by Crippen LogP contribution is -2.11. The molecule has 0 radical (unpaired) electrons. The molecular weight excluding hydrogens is 329 g/mol. The highest BCUT2D eigenvalue weighted by Gasteiger charge is 2.16. The van der Waals surface area contributed by atoms with E-state index >= 15 is 0 Å². The molecule has 1 rings (SSSR count). The van der Waals surface area contributed by atoms with E-state index in [0.29, 0.717) is 0 Å². The van der Waals surface area contributed by atoms with Crippen molar-refractivity contribution in [2.75, 3.05) is 6.61 Å². The van der Waals surface area contributed by atoms with Crippen LogP contribution in [-0.2, 0) is 21.3 Å². The number of rotatable bonds is 6. The maximum atomic E-state index is 13.9. The highest BCUT2D eigenvalue weighted by Crippen LogP contribution is 2.25. The Bertz CT molecular complexity index is 452. The van der Waals surface area contributed by atoms with Crippen molar-refractivity contribution in [3.63, 3.8) is 0 Å². The van der Waals surface area contributed by atoms with Gasteiger partial charge in [0, 0.05) is 16.5 Å². The predicted molar refractivity (Wildman–Crippen MR) is 66.0 cm³/mol. The molecule has 1 aromatic rings. The SMILES string of the molecule is CCOC(=O)Cc1cc(OC(F)F)cc(CBr)c1F. The van der Waals surface area contributed by atoms with E-state index in [2.05, 4.69) is 25.4 Å². The van der Waals surface area contributed by atoms with Crippen LogP contribution in [0.15, 0.2) is 12.1 Å². The molecule has 0 unspecified atom stereocenters. The van der Waals surface area contributed by atoms with Gasteiger partial charge < -0.3 is 9.47 Å². The normalized spacial score (nSPS) is 10.6. The summed E-state index contributed by atoms with van der Waals surface area (Å²) >= 11 is 3.04. The Hall–Kier alpha value is -1.24. The van der Waals surface area contributed by atoms with Gasteiger partial charge in [0.15, 0.2) is 0 Å². The third-order valence-electron chi connectivity index (χ3n) is 2.21. The van der Waals surface area contributed by atoms with E-state index in [9.17, 15) is 18.0 Å². The number of carbonyl (C=O) groups excluding carboxylic acids is 1. The smallest absolute Gasteiger partial charge is 0.387 e. The Kier molecular flexibility index (Phi) is 6.14. The fourth-order valence-electron chi connectivity index (χ4n) is 1.48. The van der Waals surface area contributed by atoms with Crippen molar-refractivity contribution in [1.29, 1.82) is 0 Å². The minimum atomic E-state index is -3.01. The molecule has 19 heavy (non-hydrogen) atoms. The first kappa shape index (κ1) is 15.8. The fourth-order valence-corrected chi connectivity index (χ4v) is 1.89. The van der Waals surface area contributed by atoms with E-state index in [0.717, 1.165) is 12.1 Å². The standard InChI is InChI=1S/C12H12BrF3O3/c1-2-18-10(17)5-7-3-9(19-12(15)16)4-8(6-13)11(7)14/h3-4,12H,2,5-6H2,1H3. The molecule has 0 aliphatic rings. The molecule has 0 saturated carbocycles. The topological polar surface area (TPSA) is 35.5 Å². The Labute approximate surface area is 116 Å². The Morgan fingerprint density at radius 3 is 2.53 bits per heavy atom. The van der Waals surface area contributed by atoms with Crippen molar-refractivity contribution < 1.29 is 27.4 Å². The molecule has 0 bridgehead atoms. The molecule has 0 amide bonds. The van der Waals surface area contributed by atoms with Crippen LogP contribution >= 0.6 is 15.9 Å². The van der Waals surface area contributed by atoms with E-state index in [-0.39, 0.29) is 35.2 Å². The number of carbonyl (C=O) groups is 1. The second-order valence-electron chi connectivity index (χ2n) is 3.55. The molecule has 0 heterocycles. The average molecular weight is 341 g/mol. The van der Waals surface area contributed by atoms with E-state index in [4.69, 9.17) is 0 Å².